The summed E-state index contributed by atoms with van der Waals surface area (Å²) in [4.78, 5) is 24.9. The fourth-order valence-corrected chi connectivity index (χ4v) is 3.22. The Morgan fingerprint density at radius 3 is 2.19 bits per heavy atom. The third-order valence-corrected chi connectivity index (χ3v) is 5.14. The number of carbonyl (C=O) groups is 2. The first-order valence-electron chi connectivity index (χ1n) is 10.6. The third-order valence-electron chi connectivity index (χ3n) is 5.14. The van der Waals surface area contributed by atoms with Crippen molar-refractivity contribution in [2.75, 3.05) is 11.1 Å². The van der Waals surface area contributed by atoms with Gasteiger partial charge in [-0.2, -0.15) is 0 Å². The minimum atomic E-state index is -0.255. The van der Waals surface area contributed by atoms with Crippen LogP contribution in [0, 0.1) is 0 Å². The monoisotopic (exact) mass is 423 g/mol. The zero-order chi connectivity index (χ0) is 22.3. The maximum atomic E-state index is 12.8. The molecule has 1 fully saturated rings. The first kappa shape index (κ1) is 21.1. The van der Waals surface area contributed by atoms with Crippen LogP contribution < -0.4 is 16.4 Å². The van der Waals surface area contributed by atoms with E-state index in [1.54, 1.807) is 18.2 Å². The Kier molecular flexibility index (Phi) is 6.46. The van der Waals surface area contributed by atoms with E-state index in [1.165, 1.54) is 6.08 Å². The van der Waals surface area contributed by atoms with Crippen molar-refractivity contribution >= 4 is 40.9 Å². The third kappa shape index (κ3) is 5.73. The molecule has 4 N–H and O–H groups in total. The number of amides is 2. The van der Waals surface area contributed by atoms with Crippen molar-refractivity contribution in [3.8, 4) is 0 Å². The molecule has 0 heterocycles. The number of rotatable bonds is 7. The van der Waals surface area contributed by atoms with Gasteiger partial charge in [0.25, 0.3) is 5.91 Å². The highest BCUT2D eigenvalue weighted by atomic mass is 16.2. The molecule has 5 heteroatoms. The van der Waals surface area contributed by atoms with Crippen LogP contribution in [0.2, 0.25) is 0 Å². The quantitative estimate of drug-likeness (QED) is 0.292. The second kappa shape index (κ2) is 9.79. The van der Waals surface area contributed by atoms with Crippen molar-refractivity contribution in [3.63, 3.8) is 0 Å². The summed E-state index contributed by atoms with van der Waals surface area (Å²) in [5.41, 5.74) is 10.3. The van der Waals surface area contributed by atoms with Crippen LogP contribution in [0.4, 0.5) is 11.4 Å². The number of nitrogens with two attached hydrogens (primary N) is 1. The Morgan fingerprint density at radius 1 is 0.844 bits per heavy atom. The van der Waals surface area contributed by atoms with E-state index < -0.39 is 0 Å². The van der Waals surface area contributed by atoms with E-state index in [9.17, 15) is 9.59 Å². The number of carbonyl (C=O) groups excluding carboxylic acids is 2. The average molecular weight is 424 g/mol. The Bertz CT molecular complexity index is 1160. The zero-order valence-corrected chi connectivity index (χ0v) is 17.6. The smallest absolute Gasteiger partial charge is 0.252 e. The van der Waals surface area contributed by atoms with E-state index in [0.29, 0.717) is 23.0 Å². The highest BCUT2D eigenvalue weighted by Gasteiger charge is 2.25. The van der Waals surface area contributed by atoms with Gasteiger partial charge in [-0.1, -0.05) is 66.7 Å². The molecule has 0 saturated heterocycles. The standard InChI is InChI=1S/C27H25N3O2/c28-24-8-4-5-9-25(24)30-26(31)17-14-19-10-12-20(13-11-19)18-23(21-6-2-1-3-7-21)27(32)29-22-15-16-22/h1-14,17-18,22H,15-16,28H2,(H,29,32)(H,30,31). The fourth-order valence-electron chi connectivity index (χ4n) is 3.22. The number of nitrogen functional groups attached to an aromatic ring is 1. The molecule has 0 aliphatic heterocycles. The zero-order valence-electron chi connectivity index (χ0n) is 17.6. The van der Waals surface area contributed by atoms with Gasteiger partial charge >= 0.3 is 0 Å². The molecule has 0 atom stereocenters. The van der Waals surface area contributed by atoms with Crippen molar-refractivity contribution < 1.29 is 9.59 Å². The number of hydrogen-bond donors (Lipinski definition) is 3. The summed E-state index contributed by atoms with van der Waals surface area (Å²) in [5.74, 6) is -0.311. The molecule has 0 radical (unpaired) electrons. The average Bonchev–Trinajstić information content (AvgIpc) is 3.63. The van der Waals surface area contributed by atoms with E-state index in [4.69, 9.17) is 5.73 Å². The van der Waals surface area contributed by atoms with Crippen LogP contribution in [0.3, 0.4) is 0 Å². The van der Waals surface area contributed by atoms with Gasteiger partial charge in [0.05, 0.1) is 11.4 Å². The molecule has 3 aromatic rings. The molecule has 5 nitrogen and oxygen atoms in total. The minimum absolute atomic E-state index is 0.0560. The Morgan fingerprint density at radius 2 is 1.50 bits per heavy atom. The molecule has 1 aliphatic rings. The number of benzene rings is 3. The van der Waals surface area contributed by atoms with E-state index in [2.05, 4.69) is 10.6 Å². The number of anilines is 2. The largest absolute Gasteiger partial charge is 0.397 e. The Labute approximate surface area is 187 Å². The highest BCUT2D eigenvalue weighted by molar-refractivity contribution is 6.24. The molecule has 160 valence electrons. The molecule has 0 aromatic heterocycles. The second-order valence-electron chi connectivity index (χ2n) is 7.75. The van der Waals surface area contributed by atoms with Gasteiger partial charge < -0.3 is 16.4 Å². The van der Waals surface area contributed by atoms with E-state index in [1.807, 2.05) is 72.8 Å². The van der Waals surface area contributed by atoms with Gasteiger partial charge in [0.2, 0.25) is 5.91 Å². The van der Waals surface area contributed by atoms with Gasteiger partial charge in [0, 0.05) is 17.7 Å². The molecule has 4 rings (SSSR count). The molecule has 3 aromatic carbocycles. The number of para-hydroxylation sites is 2. The van der Waals surface area contributed by atoms with E-state index >= 15 is 0 Å². The molecule has 0 unspecified atom stereocenters. The molecule has 1 saturated carbocycles. The van der Waals surface area contributed by atoms with Gasteiger partial charge in [-0.05, 0) is 53.8 Å². The summed E-state index contributed by atoms with van der Waals surface area (Å²) in [5, 5.41) is 5.83. The first-order chi connectivity index (χ1) is 15.6. The van der Waals surface area contributed by atoms with Gasteiger partial charge in [0.1, 0.15) is 0 Å². The lowest BCUT2D eigenvalue weighted by atomic mass is 10.0. The maximum Gasteiger partial charge on any atom is 0.252 e. The van der Waals surface area contributed by atoms with Crippen LogP contribution in [-0.2, 0) is 9.59 Å². The molecule has 2 amide bonds. The first-order valence-corrected chi connectivity index (χ1v) is 10.6. The van der Waals surface area contributed by atoms with Crippen LogP contribution in [0.15, 0.2) is 84.9 Å². The molecule has 0 bridgehead atoms. The number of hydrogen-bond acceptors (Lipinski definition) is 3. The van der Waals surface area contributed by atoms with Crippen LogP contribution in [0.5, 0.6) is 0 Å². The maximum absolute atomic E-state index is 12.8. The lowest BCUT2D eigenvalue weighted by molar-refractivity contribution is -0.115. The lowest BCUT2D eigenvalue weighted by Gasteiger charge is -2.09. The highest BCUT2D eigenvalue weighted by Crippen LogP contribution is 2.23. The molecular weight excluding hydrogens is 398 g/mol. The summed E-state index contributed by atoms with van der Waals surface area (Å²) in [6, 6.07) is 24.8. The van der Waals surface area contributed by atoms with Crippen LogP contribution >= 0.6 is 0 Å². The predicted octanol–water partition coefficient (Wildman–Crippen LogP) is 4.74. The van der Waals surface area contributed by atoms with Crippen molar-refractivity contribution in [2.24, 2.45) is 0 Å². The molecule has 1 aliphatic carbocycles. The van der Waals surface area contributed by atoms with Gasteiger partial charge in [-0.15, -0.1) is 0 Å². The summed E-state index contributed by atoms with van der Waals surface area (Å²) >= 11 is 0. The van der Waals surface area contributed by atoms with E-state index in [0.717, 1.165) is 29.5 Å². The topological polar surface area (TPSA) is 84.2 Å². The SMILES string of the molecule is Nc1ccccc1NC(=O)C=Cc1ccc(C=C(C(=O)NC2CC2)c2ccccc2)cc1. The molecule has 32 heavy (non-hydrogen) atoms. The summed E-state index contributed by atoms with van der Waals surface area (Å²) in [6.45, 7) is 0. The number of nitrogens with one attached hydrogen (secondary N) is 2. The summed E-state index contributed by atoms with van der Waals surface area (Å²) in [6.07, 6.45) is 7.18. The molecular formula is C27H25N3O2. The van der Waals surface area contributed by atoms with Crippen LogP contribution in [-0.4, -0.2) is 17.9 Å². The minimum Gasteiger partial charge on any atom is -0.397 e. The normalized spacial score (nSPS) is 13.7. The van der Waals surface area contributed by atoms with Crippen molar-refractivity contribution in [3.05, 3.63) is 102 Å². The van der Waals surface area contributed by atoms with Crippen LogP contribution in [0.1, 0.15) is 29.5 Å². The van der Waals surface area contributed by atoms with Crippen molar-refractivity contribution in [1.29, 1.82) is 0 Å². The second-order valence-corrected chi connectivity index (χ2v) is 7.75. The lowest BCUT2D eigenvalue weighted by Crippen LogP contribution is -2.26. The van der Waals surface area contributed by atoms with Gasteiger partial charge in [-0.25, -0.2) is 0 Å². The van der Waals surface area contributed by atoms with E-state index in [-0.39, 0.29) is 11.8 Å². The Hall–Kier alpha value is -4.12. The van der Waals surface area contributed by atoms with Crippen LogP contribution in [0.25, 0.3) is 17.7 Å². The Balaban J connectivity index is 1.47. The van der Waals surface area contributed by atoms with Gasteiger partial charge in [0.15, 0.2) is 0 Å². The molecule has 0 spiro atoms. The predicted molar refractivity (Wildman–Crippen MR) is 130 cm³/mol. The summed E-state index contributed by atoms with van der Waals surface area (Å²) in [7, 11) is 0. The fraction of sp³-hybridized carbons (Fsp3) is 0.111. The summed E-state index contributed by atoms with van der Waals surface area (Å²) < 4.78 is 0. The van der Waals surface area contributed by atoms with Crippen molar-refractivity contribution in [1.82, 2.24) is 5.32 Å². The van der Waals surface area contributed by atoms with Crippen molar-refractivity contribution in [2.45, 2.75) is 18.9 Å². The van der Waals surface area contributed by atoms with Gasteiger partial charge in [-0.3, -0.25) is 9.59 Å².